The van der Waals surface area contributed by atoms with E-state index < -0.39 is 10.0 Å². The van der Waals surface area contributed by atoms with E-state index >= 15 is 0 Å². The molecule has 1 aromatic rings. The zero-order valence-corrected chi connectivity index (χ0v) is 10.2. The van der Waals surface area contributed by atoms with Crippen molar-refractivity contribution in [2.24, 2.45) is 0 Å². The van der Waals surface area contributed by atoms with Crippen molar-refractivity contribution in [2.75, 3.05) is 23.7 Å². The zero-order chi connectivity index (χ0) is 12.5. The van der Waals surface area contributed by atoms with E-state index in [1.807, 2.05) is 6.07 Å². The van der Waals surface area contributed by atoms with Gasteiger partial charge in [0.15, 0.2) is 0 Å². The molecule has 0 unspecified atom stereocenters. The molecule has 1 fully saturated rings. The zero-order valence-electron chi connectivity index (χ0n) is 9.38. The number of nitrogens with zero attached hydrogens (tertiary/aromatic N) is 2. The summed E-state index contributed by atoms with van der Waals surface area (Å²) in [7, 11) is -1.76. The monoisotopic (exact) mass is 252 g/mol. The molecule has 17 heavy (non-hydrogen) atoms. The lowest BCUT2D eigenvalue weighted by atomic mass is 10.2. The third kappa shape index (κ3) is 2.06. The van der Waals surface area contributed by atoms with Gasteiger partial charge in [0.1, 0.15) is 5.75 Å². The van der Waals surface area contributed by atoms with E-state index in [2.05, 4.69) is 0 Å². The fourth-order valence-corrected chi connectivity index (χ4v) is 3.44. The number of anilines is 1. The van der Waals surface area contributed by atoms with Gasteiger partial charge in [0.2, 0.25) is 10.0 Å². The van der Waals surface area contributed by atoms with Gasteiger partial charge in [0.05, 0.1) is 30.2 Å². The second-order valence-corrected chi connectivity index (χ2v) is 5.75. The van der Waals surface area contributed by atoms with Crippen LogP contribution in [0.1, 0.15) is 12.0 Å². The van der Waals surface area contributed by atoms with Crippen molar-refractivity contribution < 1.29 is 13.2 Å². The summed E-state index contributed by atoms with van der Waals surface area (Å²) in [4.78, 5) is 0. The molecule has 1 saturated heterocycles. The quantitative estimate of drug-likeness (QED) is 0.790. The Balaban J connectivity index is 2.50. The smallest absolute Gasteiger partial charge is 0.235 e. The highest BCUT2D eigenvalue weighted by Crippen LogP contribution is 2.33. The molecule has 0 atom stereocenters. The number of methoxy groups -OCH3 is 1. The minimum Gasteiger partial charge on any atom is -0.495 e. The maximum absolute atomic E-state index is 11.8. The minimum atomic E-state index is -3.22. The molecule has 1 aliphatic rings. The van der Waals surface area contributed by atoms with Gasteiger partial charge in [0.25, 0.3) is 0 Å². The van der Waals surface area contributed by atoms with Crippen molar-refractivity contribution in [3.05, 3.63) is 23.8 Å². The number of ether oxygens (including phenoxy) is 1. The van der Waals surface area contributed by atoms with Crippen LogP contribution in [0.25, 0.3) is 0 Å². The molecule has 0 aromatic heterocycles. The molecule has 1 heterocycles. The number of hydrogen-bond donors (Lipinski definition) is 0. The van der Waals surface area contributed by atoms with Crippen LogP contribution in [0.4, 0.5) is 5.69 Å². The van der Waals surface area contributed by atoms with Crippen LogP contribution in [0.3, 0.4) is 0 Å². The Morgan fingerprint density at radius 1 is 1.47 bits per heavy atom. The van der Waals surface area contributed by atoms with Crippen molar-refractivity contribution in [3.8, 4) is 11.8 Å². The van der Waals surface area contributed by atoms with Crippen molar-refractivity contribution in [2.45, 2.75) is 6.42 Å². The van der Waals surface area contributed by atoms with Crippen LogP contribution in [-0.2, 0) is 10.0 Å². The second-order valence-electron chi connectivity index (χ2n) is 3.74. The highest BCUT2D eigenvalue weighted by atomic mass is 32.2. The number of hydrogen-bond acceptors (Lipinski definition) is 4. The first-order chi connectivity index (χ1) is 8.08. The Labute approximate surface area is 100 Å². The third-order valence-corrected chi connectivity index (χ3v) is 4.53. The van der Waals surface area contributed by atoms with E-state index in [0.29, 0.717) is 30.0 Å². The molecule has 0 radical (unpaired) electrons. The normalized spacial score (nSPS) is 17.8. The molecule has 0 amide bonds. The summed E-state index contributed by atoms with van der Waals surface area (Å²) in [6.07, 6.45) is 0.617. The fourth-order valence-electron chi connectivity index (χ4n) is 1.86. The van der Waals surface area contributed by atoms with Crippen molar-refractivity contribution in [1.29, 1.82) is 5.26 Å². The van der Waals surface area contributed by atoms with Crippen LogP contribution in [-0.4, -0.2) is 27.8 Å². The molecule has 6 heteroatoms. The highest BCUT2D eigenvalue weighted by molar-refractivity contribution is 7.93. The van der Waals surface area contributed by atoms with Gasteiger partial charge in [-0.3, -0.25) is 4.31 Å². The number of nitriles is 1. The van der Waals surface area contributed by atoms with Gasteiger partial charge in [-0.2, -0.15) is 5.26 Å². The van der Waals surface area contributed by atoms with E-state index in [9.17, 15) is 8.42 Å². The Hall–Kier alpha value is -1.74. The van der Waals surface area contributed by atoms with Crippen LogP contribution in [0.15, 0.2) is 18.2 Å². The lowest BCUT2D eigenvalue weighted by molar-refractivity contribution is 0.415. The van der Waals surface area contributed by atoms with Gasteiger partial charge >= 0.3 is 0 Å². The lowest BCUT2D eigenvalue weighted by Gasteiger charge is -2.19. The van der Waals surface area contributed by atoms with Gasteiger partial charge in [-0.25, -0.2) is 8.42 Å². The van der Waals surface area contributed by atoms with E-state index in [-0.39, 0.29) is 5.75 Å². The average molecular weight is 252 g/mol. The van der Waals surface area contributed by atoms with Crippen molar-refractivity contribution >= 4 is 15.7 Å². The van der Waals surface area contributed by atoms with Gasteiger partial charge in [-0.05, 0) is 18.6 Å². The average Bonchev–Trinajstić information content (AvgIpc) is 2.68. The van der Waals surface area contributed by atoms with Crippen LogP contribution in [0.5, 0.6) is 5.75 Å². The summed E-state index contributed by atoms with van der Waals surface area (Å²) in [5, 5.41) is 8.78. The second kappa shape index (κ2) is 4.26. The SMILES string of the molecule is COc1cc(C#N)ccc1N1CCCS1(=O)=O. The molecule has 5 nitrogen and oxygen atoms in total. The summed E-state index contributed by atoms with van der Waals surface area (Å²) in [5.74, 6) is 0.574. The van der Waals surface area contributed by atoms with E-state index in [1.54, 1.807) is 18.2 Å². The van der Waals surface area contributed by atoms with E-state index in [4.69, 9.17) is 10.00 Å². The summed E-state index contributed by atoms with van der Waals surface area (Å²) >= 11 is 0. The summed E-state index contributed by atoms with van der Waals surface area (Å²) in [5.41, 5.74) is 0.950. The van der Waals surface area contributed by atoms with E-state index in [0.717, 1.165) is 0 Å². The first kappa shape index (κ1) is 11.7. The van der Waals surface area contributed by atoms with Crippen LogP contribution >= 0.6 is 0 Å². The Kier molecular flexibility index (Phi) is 2.94. The molecular formula is C11H12N2O3S. The highest BCUT2D eigenvalue weighted by Gasteiger charge is 2.30. The van der Waals surface area contributed by atoms with Gasteiger partial charge < -0.3 is 4.74 Å². The van der Waals surface area contributed by atoms with E-state index in [1.165, 1.54) is 11.4 Å². The largest absolute Gasteiger partial charge is 0.495 e. The molecule has 0 saturated carbocycles. The van der Waals surface area contributed by atoms with Gasteiger partial charge in [0, 0.05) is 12.6 Å². The fraction of sp³-hybridized carbons (Fsp3) is 0.364. The topological polar surface area (TPSA) is 70.4 Å². The Morgan fingerprint density at radius 2 is 2.24 bits per heavy atom. The third-order valence-electron chi connectivity index (χ3n) is 2.68. The summed E-state index contributed by atoms with van der Waals surface area (Å²) in [6.45, 7) is 0.463. The molecule has 0 aliphatic carbocycles. The standard InChI is InChI=1S/C11H12N2O3S/c1-16-11-7-9(8-12)3-4-10(11)13-5-2-6-17(13,14)15/h3-4,7H,2,5-6H2,1H3. The predicted octanol–water partition coefficient (Wildman–Crippen LogP) is 1.11. The van der Waals surface area contributed by atoms with Crippen LogP contribution < -0.4 is 9.04 Å². The first-order valence-electron chi connectivity index (χ1n) is 5.17. The first-order valence-corrected chi connectivity index (χ1v) is 6.78. The maximum Gasteiger partial charge on any atom is 0.235 e. The molecule has 1 aromatic carbocycles. The molecule has 90 valence electrons. The molecule has 0 spiro atoms. The Bertz CT molecular complexity index is 575. The van der Waals surface area contributed by atoms with Gasteiger partial charge in [-0.15, -0.1) is 0 Å². The van der Waals surface area contributed by atoms with Crippen molar-refractivity contribution in [3.63, 3.8) is 0 Å². The number of benzene rings is 1. The molecule has 2 rings (SSSR count). The summed E-state index contributed by atoms with van der Waals surface area (Å²) < 4.78 is 30.1. The molecule has 0 bridgehead atoms. The van der Waals surface area contributed by atoms with Crippen LogP contribution in [0.2, 0.25) is 0 Å². The number of rotatable bonds is 2. The number of sulfonamides is 1. The predicted molar refractivity (Wildman–Crippen MR) is 63.5 cm³/mol. The summed E-state index contributed by atoms with van der Waals surface area (Å²) in [6, 6.07) is 6.74. The van der Waals surface area contributed by atoms with Crippen molar-refractivity contribution in [1.82, 2.24) is 0 Å². The molecular weight excluding hydrogens is 240 g/mol. The minimum absolute atomic E-state index is 0.163. The maximum atomic E-state index is 11.8. The van der Waals surface area contributed by atoms with Gasteiger partial charge in [-0.1, -0.05) is 0 Å². The molecule has 0 N–H and O–H groups in total. The lowest BCUT2D eigenvalue weighted by Crippen LogP contribution is -2.25. The Morgan fingerprint density at radius 3 is 2.76 bits per heavy atom. The molecule has 1 aliphatic heterocycles. The van der Waals surface area contributed by atoms with Crippen LogP contribution in [0, 0.1) is 11.3 Å².